The van der Waals surface area contributed by atoms with Gasteiger partial charge in [-0.15, -0.1) is 0 Å². The minimum Gasteiger partial charge on any atom is -0.490 e. The number of nitrogens with one attached hydrogen (secondary N) is 2. The molecule has 0 saturated carbocycles. The minimum absolute atomic E-state index is 0.211. The highest BCUT2D eigenvalue weighted by molar-refractivity contribution is 6.35. The van der Waals surface area contributed by atoms with Crippen LogP contribution in [0.15, 0.2) is 71.8 Å². The van der Waals surface area contributed by atoms with Gasteiger partial charge < -0.3 is 24.3 Å². The monoisotopic (exact) mass is 615 g/mol. The molecule has 42 heavy (non-hydrogen) atoms. The lowest BCUT2D eigenvalue weighted by atomic mass is 10.1. The Labute approximate surface area is 253 Å². The number of benzene rings is 3. The van der Waals surface area contributed by atoms with E-state index in [1.165, 1.54) is 19.4 Å². The summed E-state index contributed by atoms with van der Waals surface area (Å²) in [6.45, 7) is 3.44. The molecule has 3 aromatic carbocycles. The highest BCUT2D eigenvalue weighted by Crippen LogP contribution is 2.29. The summed E-state index contributed by atoms with van der Waals surface area (Å²) in [5.41, 5.74) is 3.91. The van der Waals surface area contributed by atoms with Gasteiger partial charge in [-0.25, -0.2) is 10.2 Å². The van der Waals surface area contributed by atoms with Crippen molar-refractivity contribution in [1.82, 2.24) is 10.7 Å². The van der Waals surface area contributed by atoms with Gasteiger partial charge in [-0.05, 0) is 61.4 Å². The standard InChI is InChI=1S/C30H31Cl2N3O7/c1-4-40-27-15-21(10-12-26(27)41-18-28(36)39-3)17-33-35-30(38)24(14-20-8-6-5-7-9-20)34-29(37)19(2)42-25-13-11-22(31)16-23(25)32/h5-13,15-17,19,24H,4,14,18H2,1-3H3,(H,34,37)(H,35,38)/b33-17-/t19-,24+/m0/s1. The number of hydrazone groups is 1. The molecule has 0 fully saturated rings. The molecule has 0 spiro atoms. The van der Waals surface area contributed by atoms with E-state index in [1.807, 2.05) is 37.3 Å². The average molecular weight is 616 g/mol. The Morgan fingerprint density at radius 2 is 1.67 bits per heavy atom. The van der Waals surface area contributed by atoms with Crippen LogP contribution in [0.1, 0.15) is 25.0 Å². The molecule has 0 aliphatic carbocycles. The summed E-state index contributed by atoms with van der Waals surface area (Å²) >= 11 is 12.1. The van der Waals surface area contributed by atoms with E-state index in [0.29, 0.717) is 28.7 Å². The number of halogens is 2. The second-order valence-electron chi connectivity index (χ2n) is 8.82. The Morgan fingerprint density at radius 3 is 2.36 bits per heavy atom. The number of hydrogen-bond donors (Lipinski definition) is 2. The average Bonchev–Trinajstić information content (AvgIpc) is 2.98. The molecule has 3 aromatic rings. The number of carbonyl (C=O) groups excluding carboxylic acids is 3. The molecule has 0 aliphatic heterocycles. The lowest BCUT2D eigenvalue weighted by Gasteiger charge is -2.21. The second kappa shape index (κ2) is 16.2. The van der Waals surface area contributed by atoms with Gasteiger partial charge in [-0.1, -0.05) is 53.5 Å². The van der Waals surface area contributed by atoms with Crippen LogP contribution in [0.3, 0.4) is 0 Å². The van der Waals surface area contributed by atoms with Crippen LogP contribution in [0.25, 0.3) is 0 Å². The molecule has 2 amide bonds. The van der Waals surface area contributed by atoms with Crippen molar-refractivity contribution in [2.75, 3.05) is 20.3 Å². The number of methoxy groups -OCH3 is 1. The van der Waals surface area contributed by atoms with Crippen molar-refractivity contribution in [3.05, 3.63) is 87.9 Å². The van der Waals surface area contributed by atoms with E-state index in [9.17, 15) is 14.4 Å². The van der Waals surface area contributed by atoms with E-state index in [-0.39, 0.29) is 23.8 Å². The van der Waals surface area contributed by atoms with Crippen molar-refractivity contribution in [2.45, 2.75) is 32.4 Å². The van der Waals surface area contributed by atoms with Crippen molar-refractivity contribution in [1.29, 1.82) is 0 Å². The van der Waals surface area contributed by atoms with Crippen LogP contribution >= 0.6 is 23.2 Å². The highest BCUT2D eigenvalue weighted by atomic mass is 35.5. The van der Waals surface area contributed by atoms with Crippen LogP contribution in [0.4, 0.5) is 0 Å². The van der Waals surface area contributed by atoms with Crippen molar-refractivity contribution in [3.63, 3.8) is 0 Å². The summed E-state index contributed by atoms with van der Waals surface area (Å²) in [4.78, 5) is 37.6. The highest BCUT2D eigenvalue weighted by Gasteiger charge is 2.25. The number of esters is 1. The number of nitrogens with zero attached hydrogens (tertiary/aromatic N) is 1. The second-order valence-corrected chi connectivity index (χ2v) is 9.67. The largest absolute Gasteiger partial charge is 0.490 e. The Kier molecular flexibility index (Phi) is 12.5. The third-order valence-corrected chi connectivity index (χ3v) is 6.24. The van der Waals surface area contributed by atoms with Gasteiger partial charge in [-0.3, -0.25) is 9.59 Å². The van der Waals surface area contributed by atoms with Gasteiger partial charge in [0.15, 0.2) is 24.2 Å². The maximum atomic E-state index is 13.1. The number of ether oxygens (including phenoxy) is 4. The Balaban J connectivity index is 1.69. The molecule has 0 saturated heterocycles. The zero-order chi connectivity index (χ0) is 30.5. The third kappa shape index (κ3) is 9.97. The summed E-state index contributed by atoms with van der Waals surface area (Å²) in [5, 5.41) is 7.47. The van der Waals surface area contributed by atoms with Crippen molar-refractivity contribution in [3.8, 4) is 17.2 Å². The van der Waals surface area contributed by atoms with E-state index < -0.39 is 29.9 Å². The quantitative estimate of drug-likeness (QED) is 0.154. The summed E-state index contributed by atoms with van der Waals surface area (Å²) in [5.74, 6) is -0.567. The summed E-state index contributed by atoms with van der Waals surface area (Å²) < 4.78 is 21.3. The van der Waals surface area contributed by atoms with Crippen LogP contribution in [-0.4, -0.2) is 56.5 Å². The van der Waals surface area contributed by atoms with Crippen LogP contribution in [0, 0.1) is 0 Å². The summed E-state index contributed by atoms with van der Waals surface area (Å²) in [6.07, 6.45) is 0.665. The first-order valence-corrected chi connectivity index (χ1v) is 13.7. The molecule has 10 nitrogen and oxygen atoms in total. The minimum atomic E-state index is -0.963. The van der Waals surface area contributed by atoms with Gasteiger partial charge in [0.25, 0.3) is 11.8 Å². The zero-order valence-corrected chi connectivity index (χ0v) is 24.8. The van der Waals surface area contributed by atoms with Gasteiger partial charge in [0.1, 0.15) is 11.8 Å². The molecule has 0 bridgehead atoms. The van der Waals surface area contributed by atoms with Gasteiger partial charge in [-0.2, -0.15) is 5.10 Å². The van der Waals surface area contributed by atoms with E-state index in [4.69, 9.17) is 37.4 Å². The predicted molar refractivity (Wildman–Crippen MR) is 159 cm³/mol. The molecule has 0 unspecified atom stereocenters. The van der Waals surface area contributed by atoms with Crippen LogP contribution < -0.4 is 25.0 Å². The van der Waals surface area contributed by atoms with E-state index in [1.54, 1.807) is 37.3 Å². The summed E-state index contributed by atoms with van der Waals surface area (Å²) in [7, 11) is 1.27. The first-order valence-electron chi connectivity index (χ1n) is 13.0. The molecule has 2 atom stereocenters. The van der Waals surface area contributed by atoms with Crippen molar-refractivity contribution in [2.24, 2.45) is 5.10 Å². The SMILES string of the molecule is CCOc1cc(/C=N\NC(=O)[C@@H](Cc2ccccc2)NC(=O)[C@H](C)Oc2ccc(Cl)cc2Cl)ccc1OCC(=O)OC. The van der Waals surface area contributed by atoms with Gasteiger partial charge in [0.2, 0.25) is 0 Å². The van der Waals surface area contributed by atoms with Gasteiger partial charge >= 0.3 is 5.97 Å². The lowest BCUT2D eigenvalue weighted by molar-refractivity contribution is -0.143. The molecule has 222 valence electrons. The third-order valence-electron chi connectivity index (χ3n) is 5.71. The van der Waals surface area contributed by atoms with E-state index in [0.717, 1.165) is 5.56 Å². The van der Waals surface area contributed by atoms with Gasteiger partial charge in [0, 0.05) is 11.4 Å². The van der Waals surface area contributed by atoms with Crippen LogP contribution in [0.2, 0.25) is 10.0 Å². The molecule has 3 rings (SSSR count). The molecular formula is C30H31Cl2N3O7. The maximum absolute atomic E-state index is 13.1. The van der Waals surface area contributed by atoms with Crippen LogP contribution in [0.5, 0.6) is 17.2 Å². The maximum Gasteiger partial charge on any atom is 0.343 e. The Bertz CT molecular complexity index is 1400. The molecule has 0 aliphatic rings. The molecular weight excluding hydrogens is 585 g/mol. The van der Waals surface area contributed by atoms with Gasteiger partial charge in [0.05, 0.1) is 25.0 Å². The first kappa shape index (κ1) is 32.2. The van der Waals surface area contributed by atoms with Crippen molar-refractivity contribution >= 4 is 47.2 Å². The normalized spacial score (nSPS) is 12.2. The molecule has 0 radical (unpaired) electrons. The smallest absolute Gasteiger partial charge is 0.343 e. The predicted octanol–water partition coefficient (Wildman–Crippen LogP) is 4.59. The number of rotatable bonds is 14. The Hall–Kier alpha value is -4.28. The van der Waals surface area contributed by atoms with E-state index in [2.05, 4.69) is 20.6 Å². The first-order chi connectivity index (χ1) is 20.2. The van der Waals surface area contributed by atoms with E-state index >= 15 is 0 Å². The van der Waals surface area contributed by atoms with Crippen LogP contribution in [-0.2, 0) is 25.5 Å². The fourth-order valence-electron chi connectivity index (χ4n) is 3.60. The zero-order valence-electron chi connectivity index (χ0n) is 23.3. The summed E-state index contributed by atoms with van der Waals surface area (Å²) in [6, 6.07) is 17.9. The fourth-order valence-corrected chi connectivity index (χ4v) is 4.05. The topological polar surface area (TPSA) is 125 Å². The molecule has 12 heteroatoms. The molecule has 0 aromatic heterocycles. The molecule has 0 heterocycles. The van der Waals surface area contributed by atoms with Crippen molar-refractivity contribution < 1.29 is 33.3 Å². The lowest BCUT2D eigenvalue weighted by Crippen LogP contribution is -2.50. The molecule has 2 N–H and O–H groups in total. The number of carbonyl (C=O) groups is 3. The number of amides is 2. The Morgan fingerprint density at radius 1 is 0.929 bits per heavy atom. The fraction of sp³-hybridized carbons (Fsp3) is 0.267. The number of hydrogen-bond acceptors (Lipinski definition) is 8.